The first-order valence-electron chi connectivity index (χ1n) is 7.92. The zero-order chi connectivity index (χ0) is 23.2. The number of imidazole rings is 1. The Morgan fingerprint density at radius 3 is 2.24 bits per heavy atom. The van der Waals surface area contributed by atoms with Crippen molar-refractivity contribution < 1.29 is 61.4 Å². The zero-order valence-electron chi connectivity index (χ0n) is 16.3. The fraction of sp³-hybridized carbons (Fsp3) is 0.500. The van der Waals surface area contributed by atoms with Crippen molar-refractivity contribution in [3.05, 3.63) is 12.7 Å². The number of phosphoric acid groups is 3. The second-order valence-electron chi connectivity index (χ2n) is 6.02. The van der Waals surface area contributed by atoms with Crippen LogP contribution in [0.4, 0.5) is 5.82 Å². The van der Waals surface area contributed by atoms with Gasteiger partial charge in [-0.3, -0.25) is 9.09 Å². The SMILES string of the molecule is Nc1ncnc2c1ncn2[C@@H]1O[C@H](COP(=O)(O)OP(=O)(O)OP(=O)(O)O)[C@@H](O)[C@H]1O.[Ba].[Ba]. The molecular weight excluding hydrogens is 766 g/mol. The minimum absolute atomic E-state index is 0. The van der Waals surface area contributed by atoms with Crippen LogP contribution in [-0.4, -0.2) is 172 Å². The predicted octanol–water partition coefficient (Wildman–Crippen LogP) is -2.39. The first-order valence-corrected chi connectivity index (χ1v) is 12.4. The van der Waals surface area contributed by atoms with E-state index in [9.17, 15) is 28.8 Å². The molecule has 6 atom stereocenters. The molecular formula is C10H16Ba2N5O13P3. The van der Waals surface area contributed by atoms with Gasteiger partial charge in [-0.2, -0.15) is 8.62 Å². The third-order valence-corrected chi connectivity index (χ3v) is 7.62. The van der Waals surface area contributed by atoms with Gasteiger partial charge in [-0.1, -0.05) is 0 Å². The summed E-state index contributed by atoms with van der Waals surface area (Å²) in [7, 11) is -16.7. The third-order valence-electron chi connectivity index (χ3n) is 3.82. The van der Waals surface area contributed by atoms with E-state index in [-0.39, 0.29) is 115 Å². The molecule has 8 N–H and O–H groups in total. The molecule has 23 heteroatoms. The van der Waals surface area contributed by atoms with Crippen LogP contribution < -0.4 is 5.73 Å². The van der Waals surface area contributed by atoms with Crippen molar-refractivity contribution in [1.82, 2.24) is 19.5 Å². The van der Waals surface area contributed by atoms with Gasteiger partial charge >= 0.3 is 23.5 Å². The first-order chi connectivity index (χ1) is 14.2. The molecule has 1 aliphatic heterocycles. The average molecular weight is 782 g/mol. The summed E-state index contributed by atoms with van der Waals surface area (Å²) in [6, 6.07) is 0. The van der Waals surface area contributed by atoms with Crippen LogP contribution in [0.2, 0.25) is 0 Å². The van der Waals surface area contributed by atoms with E-state index < -0.39 is 54.6 Å². The Hall–Kier alpha value is 1.78. The minimum atomic E-state index is -5.70. The molecule has 0 saturated carbocycles. The molecule has 0 spiro atoms. The molecule has 18 nitrogen and oxygen atoms in total. The van der Waals surface area contributed by atoms with Gasteiger partial charge in [0.2, 0.25) is 0 Å². The molecule has 2 aromatic rings. The number of nitrogen functional groups attached to an aromatic ring is 1. The van der Waals surface area contributed by atoms with Crippen molar-refractivity contribution in [2.45, 2.75) is 24.5 Å². The number of anilines is 1. The number of aromatic nitrogens is 4. The van der Waals surface area contributed by atoms with Gasteiger partial charge in [0.1, 0.15) is 30.2 Å². The maximum absolute atomic E-state index is 11.8. The molecule has 1 saturated heterocycles. The molecule has 33 heavy (non-hydrogen) atoms. The summed E-state index contributed by atoms with van der Waals surface area (Å²) in [6.45, 7) is -0.956. The minimum Gasteiger partial charge on any atom is -0.387 e. The fourth-order valence-electron chi connectivity index (χ4n) is 2.62. The maximum atomic E-state index is 11.8. The first kappa shape index (κ1) is 32.8. The number of fused-ring (bicyclic) bond motifs is 1. The molecule has 0 aromatic carbocycles. The summed E-state index contributed by atoms with van der Waals surface area (Å²) >= 11 is 0. The Bertz CT molecular complexity index is 1120. The number of nitrogens with zero attached hydrogens (tertiary/aromatic N) is 4. The van der Waals surface area contributed by atoms with Crippen molar-refractivity contribution in [3.63, 3.8) is 0 Å². The fourth-order valence-corrected chi connectivity index (χ4v) is 5.65. The van der Waals surface area contributed by atoms with Crippen LogP contribution in [0.5, 0.6) is 0 Å². The van der Waals surface area contributed by atoms with E-state index >= 15 is 0 Å². The van der Waals surface area contributed by atoms with E-state index in [1.165, 1.54) is 10.9 Å². The Morgan fingerprint density at radius 1 is 1.00 bits per heavy atom. The predicted molar refractivity (Wildman–Crippen MR) is 107 cm³/mol. The van der Waals surface area contributed by atoms with E-state index in [1.54, 1.807) is 0 Å². The molecule has 0 amide bonds. The van der Waals surface area contributed by atoms with Gasteiger partial charge in [0, 0.05) is 97.8 Å². The van der Waals surface area contributed by atoms with E-state index in [0.29, 0.717) is 0 Å². The Balaban J connectivity index is 0.00000272. The number of aliphatic hydroxyl groups is 2. The zero-order valence-corrected chi connectivity index (χ0v) is 27.9. The van der Waals surface area contributed by atoms with Crippen molar-refractivity contribution in [2.75, 3.05) is 12.3 Å². The molecule has 1 aliphatic rings. The van der Waals surface area contributed by atoms with Crippen LogP contribution >= 0.6 is 23.5 Å². The van der Waals surface area contributed by atoms with Crippen LogP contribution in [0.25, 0.3) is 11.2 Å². The van der Waals surface area contributed by atoms with E-state index in [2.05, 4.69) is 28.1 Å². The molecule has 1 fully saturated rings. The Kier molecular flexibility index (Phi) is 12.5. The average Bonchev–Trinajstić information content (AvgIpc) is 3.13. The largest absolute Gasteiger partial charge is 0.490 e. The van der Waals surface area contributed by atoms with Crippen LogP contribution in [0, 0.1) is 0 Å². The number of hydrogen-bond acceptors (Lipinski definition) is 13. The van der Waals surface area contributed by atoms with Crippen molar-refractivity contribution in [1.29, 1.82) is 0 Å². The number of rotatable bonds is 8. The molecule has 178 valence electrons. The maximum Gasteiger partial charge on any atom is 0.490 e. The Labute approximate surface area is 264 Å². The molecule has 2 aromatic heterocycles. The Morgan fingerprint density at radius 2 is 1.64 bits per heavy atom. The van der Waals surface area contributed by atoms with Gasteiger partial charge in [-0.05, 0) is 0 Å². The normalized spacial score (nSPS) is 26.7. The molecule has 2 unspecified atom stereocenters. The van der Waals surface area contributed by atoms with E-state index in [4.69, 9.17) is 25.2 Å². The summed E-state index contributed by atoms with van der Waals surface area (Å²) in [5.74, 6) is 0.0426. The molecule has 3 rings (SSSR count). The molecule has 4 radical (unpaired) electrons. The second-order valence-corrected chi connectivity index (χ2v) is 10.4. The third kappa shape index (κ3) is 8.66. The van der Waals surface area contributed by atoms with Crippen molar-refractivity contribution in [2.24, 2.45) is 0 Å². The van der Waals surface area contributed by atoms with Crippen molar-refractivity contribution in [3.8, 4) is 0 Å². The number of hydrogen-bond donors (Lipinski definition) is 7. The van der Waals surface area contributed by atoms with Gasteiger partial charge in [0.15, 0.2) is 17.7 Å². The summed E-state index contributed by atoms with van der Waals surface area (Å²) in [5, 5.41) is 20.4. The summed E-state index contributed by atoms with van der Waals surface area (Å²) < 4.78 is 51.9. The number of nitrogens with two attached hydrogens (primary N) is 1. The van der Waals surface area contributed by atoms with Crippen LogP contribution in [-0.2, 0) is 31.6 Å². The van der Waals surface area contributed by atoms with E-state index in [1.807, 2.05) is 0 Å². The van der Waals surface area contributed by atoms with Crippen LogP contribution in [0.1, 0.15) is 6.23 Å². The summed E-state index contributed by atoms with van der Waals surface area (Å²) in [4.78, 5) is 47.2. The molecule has 0 bridgehead atoms. The smallest absolute Gasteiger partial charge is 0.387 e. The summed E-state index contributed by atoms with van der Waals surface area (Å²) in [6.07, 6.45) is -3.69. The van der Waals surface area contributed by atoms with Gasteiger partial charge in [0.25, 0.3) is 0 Å². The van der Waals surface area contributed by atoms with Gasteiger partial charge in [-0.25, -0.2) is 28.6 Å². The van der Waals surface area contributed by atoms with E-state index in [0.717, 1.165) is 6.33 Å². The number of aliphatic hydroxyl groups excluding tert-OH is 2. The van der Waals surface area contributed by atoms with Crippen molar-refractivity contribution >= 4 is 138 Å². The van der Waals surface area contributed by atoms with Crippen LogP contribution in [0.15, 0.2) is 12.7 Å². The number of phosphoric ester groups is 1. The van der Waals surface area contributed by atoms with Crippen LogP contribution in [0.3, 0.4) is 0 Å². The molecule has 0 aliphatic carbocycles. The molecule has 3 heterocycles. The quantitative estimate of drug-likeness (QED) is 0.109. The van der Waals surface area contributed by atoms with Gasteiger partial charge in [-0.15, -0.1) is 0 Å². The monoisotopic (exact) mass is 783 g/mol. The number of ether oxygens (including phenoxy) is 1. The standard InChI is InChI=1S/C10H16N5O13P3.2Ba/c11-8-5-9(13-2-12-8)15(3-14-5)10-7(17)6(16)4(26-10)1-25-30(21,22)28-31(23,24)27-29(18,19)20;;/h2-4,6-7,10,16-17H,1H2,(H,21,22)(H,23,24)(H2,11,12,13)(H2,18,19,20);;/t4-,6-,7-,10-;;/m1../s1. The van der Waals surface area contributed by atoms with Gasteiger partial charge < -0.3 is 40.3 Å². The topological polar surface area (TPSA) is 279 Å². The second kappa shape index (κ2) is 12.6. The summed E-state index contributed by atoms with van der Waals surface area (Å²) in [5.41, 5.74) is 6.00. The van der Waals surface area contributed by atoms with Gasteiger partial charge in [0.05, 0.1) is 12.9 Å².